The van der Waals surface area contributed by atoms with Crippen molar-refractivity contribution in [2.45, 2.75) is 33.2 Å². The molecule has 1 aromatic carbocycles. The summed E-state index contributed by atoms with van der Waals surface area (Å²) in [6.07, 6.45) is 1.60. The van der Waals surface area contributed by atoms with E-state index in [-0.39, 0.29) is 5.54 Å². The van der Waals surface area contributed by atoms with Crippen molar-refractivity contribution in [2.24, 2.45) is 0 Å². The molecule has 0 saturated heterocycles. The highest BCUT2D eigenvalue weighted by Crippen LogP contribution is 2.17. The lowest BCUT2D eigenvalue weighted by Gasteiger charge is -2.20. The van der Waals surface area contributed by atoms with Crippen LogP contribution in [0.4, 0.5) is 5.69 Å². The minimum Gasteiger partial charge on any atom is -0.384 e. The van der Waals surface area contributed by atoms with Gasteiger partial charge in [-0.3, -0.25) is 0 Å². The maximum absolute atomic E-state index is 3.90. The Morgan fingerprint density at radius 1 is 1.20 bits per heavy atom. The van der Waals surface area contributed by atoms with E-state index in [2.05, 4.69) is 59.9 Å². The van der Waals surface area contributed by atoms with E-state index in [0.29, 0.717) is 0 Å². The number of nitrogens with zero attached hydrogens (tertiary/aromatic N) is 4. The van der Waals surface area contributed by atoms with Gasteiger partial charge < -0.3 is 10.6 Å². The highest BCUT2D eigenvalue weighted by atomic mass is 15.5. The van der Waals surface area contributed by atoms with Crippen LogP contribution in [0.2, 0.25) is 0 Å². The molecule has 0 saturated carbocycles. The van der Waals surface area contributed by atoms with E-state index in [1.54, 1.807) is 11.0 Å². The molecule has 2 N–H and O–H groups in total. The zero-order valence-corrected chi connectivity index (χ0v) is 12.5. The lowest BCUT2D eigenvalue weighted by molar-refractivity contribution is 0.435. The highest BCUT2D eigenvalue weighted by molar-refractivity contribution is 5.53. The summed E-state index contributed by atoms with van der Waals surface area (Å²) in [5.41, 5.74) is 3.39. The second kappa shape index (κ2) is 6.00. The number of tetrazole rings is 1. The van der Waals surface area contributed by atoms with E-state index in [4.69, 9.17) is 0 Å². The fourth-order valence-corrected chi connectivity index (χ4v) is 1.94. The first-order chi connectivity index (χ1) is 9.46. The summed E-state index contributed by atoms with van der Waals surface area (Å²) >= 11 is 0. The molecular weight excluding hydrogens is 252 g/mol. The van der Waals surface area contributed by atoms with Gasteiger partial charge in [-0.1, -0.05) is 0 Å². The van der Waals surface area contributed by atoms with Gasteiger partial charge in [-0.25, -0.2) is 4.68 Å². The minimum absolute atomic E-state index is 0.154. The summed E-state index contributed by atoms with van der Waals surface area (Å²) in [6.45, 7) is 10.4. The van der Waals surface area contributed by atoms with Crippen LogP contribution in [0.15, 0.2) is 24.5 Å². The predicted octanol–water partition coefficient (Wildman–Crippen LogP) is 1.77. The van der Waals surface area contributed by atoms with Crippen molar-refractivity contribution in [3.8, 4) is 5.69 Å². The Balaban J connectivity index is 1.93. The molecule has 2 rings (SSSR count). The molecule has 6 nitrogen and oxygen atoms in total. The van der Waals surface area contributed by atoms with E-state index in [1.165, 1.54) is 0 Å². The first kappa shape index (κ1) is 14.5. The third-order valence-electron chi connectivity index (χ3n) is 2.90. The molecular formula is C14H22N6. The number of hydrogen-bond acceptors (Lipinski definition) is 5. The summed E-state index contributed by atoms with van der Waals surface area (Å²) in [6, 6.07) is 6.17. The normalized spacial score (nSPS) is 11.6. The van der Waals surface area contributed by atoms with Crippen LogP contribution in [0, 0.1) is 6.92 Å². The Morgan fingerprint density at radius 2 is 2.00 bits per heavy atom. The van der Waals surface area contributed by atoms with Crippen molar-refractivity contribution in [3.63, 3.8) is 0 Å². The standard InChI is InChI=1S/C14H22N6/c1-11-9-12(15-7-8-16-14(2,3)4)5-6-13(11)20-10-17-18-19-20/h5-6,9-10,15-16H,7-8H2,1-4H3. The number of benzene rings is 1. The van der Waals surface area contributed by atoms with Gasteiger partial charge in [0.25, 0.3) is 0 Å². The molecule has 0 bridgehead atoms. The summed E-state index contributed by atoms with van der Waals surface area (Å²) in [5.74, 6) is 0. The van der Waals surface area contributed by atoms with Crippen molar-refractivity contribution < 1.29 is 0 Å². The van der Waals surface area contributed by atoms with Crippen LogP contribution in [0.1, 0.15) is 26.3 Å². The molecule has 0 fully saturated rings. The van der Waals surface area contributed by atoms with Crippen LogP contribution in [0.25, 0.3) is 5.69 Å². The smallest absolute Gasteiger partial charge is 0.143 e. The van der Waals surface area contributed by atoms with Crippen molar-refractivity contribution in [1.82, 2.24) is 25.5 Å². The molecule has 0 radical (unpaired) electrons. The summed E-state index contributed by atoms with van der Waals surface area (Å²) < 4.78 is 1.67. The molecule has 1 heterocycles. The number of anilines is 1. The molecule has 2 aromatic rings. The molecule has 0 aliphatic carbocycles. The van der Waals surface area contributed by atoms with E-state index in [0.717, 1.165) is 30.0 Å². The van der Waals surface area contributed by atoms with Gasteiger partial charge >= 0.3 is 0 Å². The van der Waals surface area contributed by atoms with Gasteiger partial charge in [-0.2, -0.15) is 0 Å². The third-order valence-corrected chi connectivity index (χ3v) is 2.90. The lowest BCUT2D eigenvalue weighted by atomic mass is 10.1. The Hall–Kier alpha value is -1.95. The van der Waals surface area contributed by atoms with Gasteiger partial charge in [-0.15, -0.1) is 5.10 Å². The van der Waals surface area contributed by atoms with E-state index in [9.17, 15) is 0 Å². The maximum atomic E-state index is 3.90. The molecule has 0 amide bonds. The van der Waals surface area contributed by atoms with Gasteiger partial charge in [0, 0.05) is 24.3 Å². The minimum atomic E-state index is 0.154. The Labute approximate surface area is 119 Å². The molecule has 0 atom stereocenters. The quantitative estimate of drug-likeness (QED) is 0.813. The third kappa shape index (κ3) is 4.03. The van der Waals surface area contributed by atoms with Crippen molar-refractivity contribution >= 4 is 5.69 Å². The molecule has 0 spiro atoms. The largest absolute Gasteiger partial charge is 0.384 e. The van der Waals surface area contributed by atoms with Crippen molar-refractivity contribution in [3.05, 3.63) is 30.1 Å². The second-order valence-corrected chi connectivity index (χ2v) is 5.86. The Morgan fingerprint density at radius 3 is 2.60 bits per heavy atom. The molecule has 0 unspecified atom stereocenters. The number of aryl methyl sites for hydroxylation is 1. The lowest BCUT2D eigenvalue weighted by Crippen LogP contribution is -2.38. The van der Waals surface area contributed by atoms with E-state index in [1.807, 2.05) is 12.1 Å². The second-order valence-electron chi connectivity index (χ2n) is 5.86. The number of rotatable bonds is 5. The molecule has 1 aromatic heterocycles. The maximum Gasteiger partial charge on any atom is 0.143 e. The fraction of sp³-hybridized carbons (Fsp3) is 0.500. The fourth-order valence-electron chi connectivity index (χ4n) is 1.94. The Kier molecular flexibility index (Phi) is 4.34. The summed E-state index contributed by atoms with van der Waals surface area (Å²) in [5, 5.41) is 18.1. The van der Waals surface area contributed by atoms with Crippen LogP contribution in [-0.2, 0) is 0 Å². The molecule has 6 heteroatoms. The van der Waals surface area contributed by atoms with Crippen molar-refractivity contribution in [2.75, 3.05) is 18.4 Å². The summed E-state index contributed by atoms with van der Waals surface area (Å²) in [7, 11) is 0. The van der Waals surface area contributed by atoms with Gasteiger partial charge in [-0.05, 0) is 61.9 Å². The monoisotopic (exact) mass is 274 g/mol. The first-order valence-corrected chi connectivity index (χ1v) is 6.79. The summed E-state index contributed by atoms with van der Waals surface area (Å²) in [4.78, 5) is 0. The van der Waals surface area contributed by atoms with Gasteiger partial charge in [0.15, 0.2) is 0 Å². The van der Waals surface area contributed by atoms with Crippen LogP contribution in [-0.4, -0.2) is 38.8 Å². The zero-order valence-electron chi connectivity index (χ0n) is 12.5. The number of aromatic nitrogens is 4. The molecule has 20 heavy (non-hydrogen) atoms. The highest BCUT2D eigenvalue weighted by Gasteiger charge is 2.07. The van der Waals surface area contributed by atoms with Crippen molar-refractivity contribution in [1.29, 1.82) is 0 Å². The first-order valence-electron chi connectivity index (χ1n) is 6.79. The van der Waals surface area contributed by atoms with Crippen LogP contribution in [0.5, 0.6) is 0 Å². The molecule has 0 aliphatic rings. The molecule has 0 aliphatic heterocycles. The predicted molar refractivity (Wildman–Crippen MR) is 80.1 cm³/mol. The average molecular weight is 274 g/mol. The topological polar surface area (TPSA) is 67.7 Å². The average Bonchev–Trinajstić information content (AvgIpc) is 2.87. The SMILES string of the molecule is Cc1cc(NCCNC(C)(C)C)ccc1-n1cnnn1. The van der Waals surface area contributed by atoms with Gasteiger partial charge in [0.2, 0.25) is 0 Å². The Bertz CT molecular complexity index is 541. The van der Waals surface area contributed by atoms with E-state index >= 15 is 0 Å². The number of nitrogens with one attached hydrogen (secondary N) is 2. The van der Waals surface area contributed by atoms with E-state index < -0.39 is 0 Å². The van der Waals surface area contributed by atoms with Crippen LogP contribution < -0.4 is 10.6 Å². The molecule has 108 valence electrons. The number of hydrogen-bond donors (Lipinski definition) is 2. The van der Waals surface area contributed by atoms with Crippen LogP contribution >= 0.6 is 0 Å². The van der Waals surface area contributed by atoms with Gasteiger partial charge in [0.1, 0.15) is 6.33 Å². The van der Waals surface area contributed by atoms with Gasteiger partial charge in [0.05, 0.1) is 5.69 Å². The van der Waals surface area contributed by atoms with Crippen LogP contribution in [0.3, 0.4) is 0 Å². The zero-order chi connectivity index (χ0) is 14.6.